The average molecular weight is 420 g/mol. The van der Waals surface area contributed by atoms with Crippen molar-refractivity contribution in [3.05, 3.63) is 68.0 Å². The molecule has 0 unspecified atom stereocenters. The fourth-order valence-electron chi connectivity index (χ4n) is 2.80. The van der Waals surface area contributed by atoms with E-state index in [0.717, 1.165) is 13.0 Å². The molecule has 0 amide bonds. The van der Waals surface area contributed by atoms with E-state index in [2.05, 4.69) is 19.1 Å². The largest absolute Gasteiger partial charge is 0.340 e. The summed E-state index contributed by atoms with van der Waals surface area (Å²) in [5, 5.41) is 12.3. The minimum atomic E-state index is -0.492. The number of fused-ring (bicyclic) bond motifs is 1. The first-order valence-corrected chi connectivity index (χ1v) is 9.96. The van der Waals surface area contributed by atoms with E-state index in [9.17, 15) is 14.9 Å². The van der Waals surface area contributed by atoms with Crippen LogP contribution in [0.2, 0.25) is 5.02 Å². The SMILES string of the molecule is C[NH+](C)CCCn1c(Sc2ccc([N+](=O)[O-])cc2Cl)nc2ccccc2c1=O. The molecule has 0 aliphatic rings. The van der Waals surface area contributed by atoms with Crippen LogP contribution in [0, 0.1) is 10.1 Å². The van der Waals surface area contributed by atoms with Crippen LogP contribution in [0.3, 0.4) is 0 Å². The molecule has 0 saturated carbocycles. The second kappa shape index (κ2) is 8.72. The van der Waals surface area contributed by atoms with E-state index in [1.54, 1.807) is 22.8 Å². The number of halogens is 1. The highest BCUT2D eigenvalue weighted by Gasteiger charge is 2.16. The van der Waals surface area contributed by atoms with Crippen molar-refractivity contribution in [2.75, 3.05) is 20.6 Å². The number of benzene rings is 2. The molecule has 146 valence electrons. The van der Waals surface area contributed by atoms with Gasteiger partial charge in [0, 0.05) is 30.0 Å². The molecule has 28 heavy (non-hydrogen) atoms. The number of nitrogens with zero attached hydrogens (tertiary/aromatic N) is 3. The van der Waals surface area contributed by atoms with Gasteiger partial charge in [0.05, 0.1) is 41.5 Å². The molecular weight excluding hydrogens is 400 g/mol. The van der Waals surface area contributed by atoms with Crippen molar-refractivity contribution in [3.63, 3.8) is 0 Å². The molecule has 0 aliphatic heterocycles. The van der Waals surface area contributed by atoms with Crippen LogP contribution in [-0.4, -0.2) is 35.1 Å². The summed E-state index contributed by atoms with van der Waals surface area (Å²) >= 11 is 7.48. The number of rotatable bonds is 7. The standard InChI is InChI=1S/C19H19ClN4O3S/c1-22(2)10-5-11-23-18(25)14-6-3-4-7-16(14)21-19(23)28-17-9-8-13(24(26)27)12-15(17)20/h3-4,6-9,12H,5,10-11H2,1-2H3/p+1. The summed E-state index contributed by atoms with van der Waals surface area (Å²) in [7, 11) is 4.13. The monoisotopic (exact) mass is 419 g/mol. The van der Waals surface area contributed by atoms with E-state index in [1.165, 1.54) is 28.8 Å². The lowest BCUT2D eigenvalue weighted by Crippen LogP contribution is -3.05. The highest BCUT2D eigenvalue weighted by molar-refractivity contribution is 7.99. The molecule has 1 aromatic heterocycles. The van der Waals surface area contributed by atoms with Crippen molar-refractivity contribution >= 4 is 40.0 Å². The minimum absolute atomic E-state index is 0.0767. The Labute approximate surface area is 171 Å². The summed E-state index contributed by atoms with van der Waals surface area (Å²) in [4.78, 5) is 30.0. The van der Waals surface area contributed by atoms with Gasteiger partial charge in [0.2, 0.25) is 0 Å². The molecule has 9 heteroatoms. The van der Waals surface area contributed by atoms with Gasteiger partial charge in [-0.2, -0.15) is 0 Å². The molecule has 1 N–H and O–H groups in total. The van der Waals surface area contributed by atoms with E-state index in [4.69, 9.17) is 11.6 Å². The smallest absolute Gasteiger partial charge is 0.270 e. The first kappa shape index (κ1) is 20.3. The number of hydrogen-bond donors (Lipinski definition) is 1. The third-order valence-corrected chi connectivity index (χ3v) is 5.71. The molecule has 3 rings (SSSR count). The molecule has 0 fully saturated rings. The molecule has 0 atom stereocenters. The Morgan fingerprint density at radius 2 is 2.00 bits per heavy atom. The average Bonchev–Trinajstić information content (AvgIpc) is 2.65. The zero-order valence-corrected chi connectivity index (χ0v) is 17.1. The number of quaternary nitrogens is 1. The maximum Gasteiger partial charge on any atom is 0.270 e. The summed E-state index contributed by atoms with van der Waals surface area (Å²) < 4.78 is 1.66. The number of nitro groups is 1. The quantitative estimate of drug-likeness (QED) is 0.361. The van der Waals surface area contributed by atoms with Crippen LogP contribution in [0.25, 0.3) is 10.9 Å². The number of aromatic nitrogens is 2. The third-order valence-electron chi connectivity index (χ3n) is 4.21. The fraction of sp³-hybridized carbons (Fsp3) is 0.263. The number of hydrogen-bond acceptors (Lipinski definition) is 5. The van der Waals surface area contributed by atoms with Gasteiger partial charge in [-0.1, -0.05) is 23.7 Å². The maximum atomic E-state index is 13.0. The Hall–Kier alpha value is -2.42. The van der Waals surface area contributed by atoms with Gasteiger partial charge in [0.25, 0.3) is 11.2 Å². The van der Waals surface area contributed by atoms with E-state index >= 15 is 0 Å². The summed E-state index contributed by atoms with van der Waals surface area (Å²) in [5.41, 5.74) is 0.439. The molecule has 2 aromatic carbocycles. The van der Waals surface area contributed by atoms with Crippen molar-refractivity contribution in [1.29, 1.82) is 0 Å². The zero-order valence-electron chi connectivity index (χ0n) is 15.5. The highest BCUT2D eigenvalue weighted by atomic mass is 35.5. The van der Waals surface area contributed by atoms with Crippen LogP contribution in [-0.2, 0) is 6.54 Å². The maximum absolute atomic E-state index is 13.0. The van der Waals surface area contributed by atoms with Crippen molar-refractivity contribution in [2.24, 2.45) is 0 Å². The second-order valence-corrected chi connectivity index (χ2v) is 8.07. The Balaban J connectivity index is 2.03. The number of nitrogens with one attached hydrogen (secondary N) is 1. The molecule has 3 aromatic rings. The van der Waals surface area contributed by atoms with Crippen molar-refractivity contribution in [2.45, 2.75) is 23.0 Å². The summed E-state index contributed by atoms with van der Waals surface area (Å²) in [5.74, 6) is 0. The van der Waals surface area contributed by atoms with E-state index < -0.39 is 4.92 Å². The summed E-state index contributed by atoms with van der Waals surface area (Å²) in [6, 6.07) is 11.5. The normalized spacial score (nSPS) is 11.3. The van der Waals surface area contributed by atoms with Gasteiger partial charge in [0.15, 0.2) is 5.16 Å². The van der Waals surface area contributed by atoms with E-state index in [-0.39, 0.29) is 16.3 Å². The van der Waals surface area contributed by atoms with Gasteiger partial charge in [-0.15, -0.1) is 0 Å². The van der Waals surface area contributed by atoms with Crippen LogP contribution < -0.4 is 10.5 Å². The molecule has 0 bridgehead atoms. The van der Waals surface area contributed by atoms with Gasteiger partial charge in [-0.05, 0) is 30.0 Å². The molecule has 0 spiro atoms. The van der Waals surface area contributed by atoms with E-state index in [0.29, 0.717) is 27.5 Å². The Morgan fingerprint density at radius 3 is 2.68 bits per heavy atom. The second-order valence-electron chi connectivity index (χ2n) is 6.65. The van der Waals surface area contributed by atoms with Crippen LogP contribution in [0.1, 0.15) is 6.42 Å². The van der Waals surface area contributed by atoms with Crippen molar-refractivity contribution in [3.8, 4) is 0 Å². The highest BCUT2D eigenvalue weighted by Crippen LogP contribution is 2.34. The lowest BCUT2D eigenvalue weighted by atomic mass is 10.2. The van der Waals surface area contributed by atoms with Gasteiger partial charge >= 0.3 is 0 Å². The predicted molar refractivity (Wildman–Crippen MR) is 111 cm³/mol. The third kappa shape index (κ3) is 4.52. The molecule has 0 aliphatic carbocycles. The Bertz CT molecular complexity index is 1080. The summed E-state index contributed by atoms with van der Waals surface area (Å²) in [6.45, 7) is 1.45. The lowest BCUT2D eigenvalue weighted by molar-refractivity contribution is -0.858. The first-order valence-electron chi connectivity index (χ1n) is 8.77. The topological polar surface area (TPSA) is 82.5 Å². The van der Waals surface area contributed by atoms with Gasteiger partial charge in [-0.3, -0.25) is 19.5 Å². The van der Waals surface area contributed by atoms with Gasteiger partial charge in [0.1, 0.15) is 0 Å². The van der Waals surface area contributed by atoms with Crippen LogP contribution in [0.4, 0.5) is 5.69 Å². The van der Waals surface area contributed by atoms with Gasteiger partial charge < -0.3 is 4.90 Å². The van der Waals surface area contributed by atoms with Crippen LogP contribution >= 0.6 is 23.4 Å². The first-order chi connectivity index (χ1) is 13.4. The van der Waals surface area contributed by atoms with Gasteiger partial charge in [-0.25, -0.2) is 4.98 Å². The van der Waals surface area contributed by atoms with E-state index in [1.807, 2.05) is 12.1 Å². The van der Waals surface area contributed by atoms with Crippen molar-refractivity contribution in [1.82, 2.24) is 9.55 Å². The van der Waals surface area contributed by atoms with Crippen LogP contribution in [0.5, 0.6) is 0 Å². The molecular formula is C19H20ClN4O3S+. The molecule has 0 saturated heterocycles. The Morgan fingerprint density at radius 1 is 1.25 bits per heavy atom. The molecule has 7 nitrogen and oxygen atoms in total. The van der Waals surface area contributed by atoms with Crippen LogP contribution in [0.15, 0.2) is 57.3 Å². The number of para-hydroxylation sites is 1. The zero-order chi connectivity index (χ0) is 20.3. The molecule has 0 radical (unpaired) electrons. The molecule has 1 heterocycles. The Kier molecular flexibility index (Phi) is 6.33. The predicted octanol–water partition coefficient (Wildman–Crippen LogP) is 2.64. The fourth-order valence-corrected chi connectivity index (χ4v) is 4.01. The van der Waals surface area contributed by atoms with Crippen molar-refractivity contribution < 1.29 is 9.82 Å². The number of nitro benzene ring substituents is 1. The minimum Gasteiger partial charge on any atom is -0.340 e. The number of non-ortho nitro benzene ring substituents is 1. The summed E-state index contributed by atoms with van der Waals surface area (Å²) in [6.07, 6.45) is 0.823. The lowest BCUT2D eigenvalue weighted by Gasteiger charge is -2.14.